The number of aryl methyl sites for hydroxylation is 2. The maximum Gasteiger partial charge on any atom is 0.240 e. The molecule has 1 aliphatic rings. The smallest absolute Gasteiger partial charge is 0.240 e. The molecule has 1 aromatic carbocycles. The van der Waals surface area contributed by atoms with Crippen LogP contribution in [0, 0.1) is 13.8 Å². The number of oxime groups is 1. The zero-order chi connectivity index (χ0) is 14.0. The third-order valence-electron chi connectivity index (χ3n) is 3.00. The second kappa shape index (κ2) is 5.30. The topological polar surface area (TPSA) is 67.8 Å². The van der Waals surface area contributed by atoms with Crippen LogP contribution >= 0.6 is 0 Å². The summed E-state index contributed by atoms with van der Waals surface area (Å²) >= 11 is 0. The highest BCUT2D eigenvalue weighted by Gasteiger charge is 2.22. The van der Waals surface area contributed by atoms with Crippen LogP contribution in [-0.4, -0.2) is 26.8 Å². The van der Waals surface area contributed by atoms with Crippen molar-refractivity contribution in [3.63, 3.8) is 0 Å². The number of hydrogen-bond donors (Lipinski definition) is 1. The van der Waals surface area contributed by atoms with Crippen LogP contribution in [0.25, 0.3) is 0 Å². The van der Waals surface area contributed by atoms with Crippen molar-refractivity contribution in [3.05, 3.63) is 29.3 Å². The molecule has 1 N–H and O–H groups in total. The molecule has 104 valence electrons. The van der Waals surface area contributed by atoms with E-state index in [1.54, 1.807) is 19.1 Å². The van der Waals surface area contributed by atoms with Gasteiger partial charge in [0.15, 0.2) is 0 Å². The van der Waals surface area contributed by atoms with Crippen molar-refractivity contribution in [2.24, 2.45) is 5.16 Å². The highest BCUT2D eigenvalue weighted by Crippen LogP contribution is 2.17. The Morgan fingerprint density at radius 1 is 1.37 bits per heavy atom. The van der Waals surface area contributed by atoms with Gasteiger partial charge in [-0.3, -0.25) is 0 Å². The fourth-order valence-electron chi connectivity index (χ4n) is 2.06. The Morgan fingerprint density at radius 3 is 2.68 bits per heavy atom. The summed E-state index contributed by atoms with van der Waals surface area (Å²) in [5, 5.41) is 3.80. The summed E-state index contributed by atoms with van der Waals surface area (Å²) in [6, 6.07) is 5.28. The number of nitrogens with zero attached hydrogens (tertiary/aromatic N) is 1. The van der Waals surface area contributed by atoms with E-state index in [0.29, 0.717) is 11.3 Å². The number of sulfonamides is 1. The molecule has 0 bridgehead atoms. The van der Waals surface area contributed by atoms with Gasteiger partial charge in [0.25, 0.3) is 0 Å². The summed E-state index contributed by atoms with van der Waals surface area (Å²) in [5.74, 6) is 0. The van der Waals surface area contributed by atoms with E-state index in [2.05, 4.69) is 9.88 Å². The van der Waals surface area contributed by atoms with E-state index in [4.69, 9.17) is 4.84 Å². The lowest BCUT2D eigenvalue weighted by Gasteiger charge is -2.12. The Morgan fingerprint density at radius 2 is 2.11 bits per heavy atom. The third-order valence-corrected chi connectivity index (χ3v) is 4.59. The first-order valence-electron chi connectivity index (χ1n) is 6.15. The molecule has 2 rings (SSSR count). The lowest BCUT2D eigenvalue weighted by molar-refractivity contribution is 0.0891. The Labute approximate surface area is 113 Å². The highest BCUT2D eigenvalue weighted by molar-refractivity contribution is 7.89. The van der Waals surface area contributed by atoms with E-state index >= 15 is 0 Å². The number of hydrogen-bond acceptors (Lipinski definition) is 4. The SMILES string of the molecule is CC1=NO[C@H](CNS(=O)(=O)c2ccc(C)cc2C)C1. The zero-order valence-electron chi connectivity index (χ0n) is 11.3. The van der Waals surface area contributed by atoms with E-state index in [1.165, 1.54) is 0 Å². The lowest BCUT2D eigenvalue weighted by Crippen LogP contribution is -2.32. The Kier molecular flexibility index (Phi) is 3.91. The molecular weight excluding hydrogens is 264 g/mol. The summed E-state index contributed by atoms with van der Waals surface area (Å²) in [6.07, 6.45) is 0.454. The molecule has 1 aromatic rings. The predicted octanol–water partition coefficient (Wildman–Crippen LogP) is 1.75. The van der Waals surface area contributed by atoms with Crippen molar-refractivity contribution in [1.29, 1.82) is 0 Å². The van der Waals surface area contributed by atoms with Crippen molar-refractivity contribution < 1.29 is 13.3 Å². The van der Waals surface area contributed by atoms with Crippen molar-refractivity contribution in [3.8, 4) is 0 Å². The van der Waals surface area contributed by atoms with Gasteiger partial charge >= 0.3 is 0 Å². The standard InChI is InChI=1S/C13H18N2O3S/c1-9-4-5-13(10(2)6-9)19(16,17)14-8-12-7-11(3)15-18-12/h4-6,12,14H,7-8H2,1-3H3/t12-/m0/s1. The molecule has 0 saturated heterocycles. The van der Waals surface area contributed by atoms with Gasteiger partial charge in [-0.2, -0.15) is 0 Å². The van der Waals surface area contributed by atoms with Crippen LogP contribution in [0.15, 0.2) is 28.3 Å². The highest BCUT2D eigenvalue weighted by atomic mass is 32.2. The van der Waals surface area contributed by atoms with E-state index in [1.807, 2.05) is 19.9 Å². The van der Waals surface area contributed by atoms with Gasteiger partial charge in [-0.15, -0.1) is 0 Å². The number of nitrogens with one attached hydrogen (secondary N) is 1. The van der Waals surface area contributed by atoms with Crippen LogP contribution in [-0.2, 0) is 14.9 Å². The minimum atomic E-state index is -3.49. The lowest BCUT2D eigenvalue weighted by atomic mass is 10.2. The van der Waals surface area contributed by atoms with Gasteiger partial charge < -0.3 is 4.84 Å². The minimum Gasteiger partial charge on any atom is -0.391 e. The molecule has 19 heavy (non-hydrogen) atoms. The average molecular weight is 282 g/mol. The molecule has 0 radical (unpaired) electrons. The van der Waals surface area contributed by atoms with Crippen LogP contribution in [0.5, 0.6) is 0 Å². The monoisotopic (exact) mass is 282 g/mol. The average Bonchev–Trinajstić information content (AvgIpc) is 2.72. The first-order valence-corrected chi connectivity index (χ1v) is 7.63. The molecule has 1 heterocycles. The largest absolute Gasteiger partial charge is 0.391 e. The van der Waals surface area contributed by atoms with E-state index in [-0.39, 0.29) is 12.6 Å². The summed E-state index contributed by atoms with van der Waals surface area (Å²) < 4.78 is 27.0. The van der Waals surface area contributed by atoms with Crippen LogP contribution in [0.3, 0.4) is 0 Å². The van der Waals surface area contributed by atoms with Crippen molar-refractivity contribution in [2.45, 2.75) is 38.2 Å². The molecule has 5 nitrogen and oxygen atoms in total. The number of rotatable bonds is 4. The Hall–Kier alpha value is -1.40. The van der Waals surface area contributed by atoms with E-state index < -0.39 is 10.0 Å². The van der Waals surface area contributed by atoms with Gasteiger partial charge in [-0.25, -0.2) is 13.1 Å². The van der Waals surface area contributed by atoms with E-state index in [0.717, 1.165) is 16.8 Å². The van der Waals surface area contributed by atoms with Crippen LogP contribution < -0.4 is 4.72 Å². The van der Waals surface area contributed by atoms with E-state index in [9.17, 15) is 8.42 Å². The summed E-state index contributed by atoms with van der Waals surface area (Å²) in [4.78, 5) is 5.42. The van der Waals surface area contributed by atoms with Crippen LogP contribution in [0.4, 0.5) is 0 Å². The molecule has 0 amide bonds. The van der Waals surface area contributed by atoms with Gasteiger partial charge in [-0.05, 0) is 32.4 Å². The molecule has 0 spiro atoms. The number of benzene rings is 1. The second-order valence-corrected chi connectivity index (χ2v) is 6.61. The van der Waals surface area contributed by atoms with Gasteiger partial charge in [0, 0.05) is 6.42 Å². The van der Waals surface area contributed by atoms with Crippen molar-refractivity contribution >= 4 is 15.7 Å². The molecule has 0 saturated carbocycles. The molecular formula is C13H18N2O3S. The fourth-order valence-corrected chi connectivity index (χ4v) is 3.35. The van der Waals surface area contributed by atoms with Gasteiger partial charge in [0.05, 0.1) is 17.2 Å². The predicted molar refractivity (Wildman–Crippen MR) is 73.7 cm³/mol. The minimum absolute atomic E-state index is 0.208. The molecule has 6 heteroatoms. The van der Waals surface area contributed by atoms with Gasteiger partial charge in [0.2, 0.25) is 10.0 Å². The molecule has 0 aliphatic carbocycles. The third kappa shape index (κ3) is 3.33. The summed E-state index contributed by atoms with van der Waals surface area (Å²) in [7, 11) is -3.49. The molecule has 1 aliphatic heterocycles. The maximum absolute atomic E-state index is 12.2. The van der Waals surface area contributed by atoms with Crippen LogP contribution in [0.1, 0.15) is 24.5 Å². The summed E-state index contributed by atoms with van der Waals surface area (Å²) in [5.41, 5.74) is 2.67. The summed E-state index contributed by atoms with van der Waals surface area (Å²) in [6.45, 7) is 5.82. The molecule has 1 atom stereocenters. The first kappa shape index (κ1) is 14.0. The quantitative estimate of drug-likeness (QED) is 0.914. The Bertz CT molecular complexity index is 608. The van der Waals surface area contributed by atoms with Crippen LogP contribution in [0.2, 0.25) is 0 Å². The molecule has 0 unspecified atom stereocenters. The van der Waals surface area contributed by atoms with Gasteiger partial charge in [-0.1, -0.05) is 22.9 Å². The van der Waals surface area contributed by atoms with Crippen molar-refractivity contribution in [1.82, 2.24) is 4.72 Å². The Balaban J connectivity index is 2.06. The first-order chi connectivity index (χ1) is 8.88. The normalized spacial score (nSPS) is 19.1. The zero-order valence-corrected chi connectivity index (χ0v) is 12.1. The fraction of sp³-hybridized carbons (Fsp3) is 0.462. The maximum atomic E-state index is 12.2. The molecule has 0 fully saturated rings. The molecule has 0 aromatic heterocycles. The van der Waals surface area contributed by atoms with Crippen molar-refractivity contribution in [2.75, 3.05) is 6.54 Å². The second-order valence-electron chi connectivity index (χ2n) is 4.88. The van der Waals surface area contributed by atoms with Gasteiger partial charge in [0.1, 0.15) is 6.10 Å².